The first-order valence-electron chi connectivity index (χ1n) is 24.0. The summed E-state index contributed by atoms with van der Waals surface area (Å²) in [6.45, 7) is 23.7. The van der Waals surface area contributed by atoms with E-state index in [-0.39, 0.29) is 11.8 Å². The van der Waals surface area contributed by atoms with Crippen LogP contribution in [-0.2, 0) is 11.1 Å². The molecule has 10 heteroatoms. The van der Waals surface area contributed by atoms with Gasteiger partial charge >= 0.3 is 0 Å². The molecule has 0 atom stereocenters. The van der Waals surface area contributed by atoms with Crippen LogP contribution in [0.3, 0.4) is 0 Å². The van der Waals surface area contributed by atoms with E-state index in [9.17, 15) is 0 Å². The second kappa shape index (κ2) is 16.5. The third kappa shape index (κ3) is 5.85. The first-order valence-corrected chi connectivity index (χ1v) is 24.0. The van der Waals surface area contributed by atoms with Crippen LogP contribution in [0.15, 0.2) is 121 Å². The lowest BCUT2D eigenvalue weighted by Crippen LogP contribution is -2.63. The average molecular weight is 881 g/mol. The van der Waals surface area contributed by atoms with E-state index in [1.807, 2.05) is 46.4 Å². The molecule has 4 aliphatic rings. The first-order chi connectivity index (χ1) is 32.2. The third-order valence-corrected chi connectivity index (χ3v) is 14.7. The number of carbonyl (C=O) groups is 2. The van der Waals surface area contributed by atoms with E-state index in [1.54, 1.807) is 0 Å². The second-order valence-electron chi connectivity index (χ2n) is 17.4. The molecule has 6 aromatic rings. The first kappa shape index (κ1) is 43.0. The molecule has 0 fully saturated rings. The van der Waals surface area contributed by atoms with Crippen LogP contribution >= 0.6 is 0 Å². The number of ether oxygens (including phenoxy) is 2. The summed E-state index contributed by atoms with van der Waals surface area (Å²) < 4.78 is 14.2. The molecule has 10 rings (SSSR count). The molecule has 0 N–H and O–H groups in total. The van der Waals surface area contributed by atoms with E-state index in [2.05, 4.69) is 160 Å². The summed E-state index contributed by atoms with van der Waals surface area (Å²) in [6.07, 6.45) is 0. The number of hydrogen-bond donors (Lipinski definition) is 0. The molecule has 2 amide bonds. The lowest BCUT2D eigenvalue weighted by Gasteiger charge is -2.53. The lowest BCUT2D eigenvalue weighted by molar-refractivity contribution is -0.0631. The van der Waals surface area contributed by atoms with Gasteiger partial charge in [0.2, 0.25) is 0 Å². The maximum absolute atomic E-state index is 16.2. The van der Waals surface area contributed by atoms with Gasteiger partial charge in [-0.15, -0.1) is 0 Å². The minimum atomic E-state index is -1.36. The predicted molar refractivity (Wildman–Crippen MR) is 265 cm³/mol. The van der Waals surface area contributed by atoms with Crippen molar-refractivity contribution in [2.24, 2.45) is 0 Å². The maximum Gasteiger partial charge on any atom is 0.274 e. The standard InChI is InChI=1S/C56H60N6O4/c1-9-57(10-2)37-25-29-45-49(33-37)65-50-34-38(58(11-3)12-4)26-30-46(50)55(45)43-23-19-17-21-41(43)53(63)61(55)62-54(64)42-22-18-20-24-44(42)56(62)47-31-27-39(59(13-5)14-6)35-51(47)66-52-36-40(28-32-48(52)56)60(15-7)16-8/h17-36H,9-16H2,1-8H3. The van der Waals surface area contributed by atoms with Gasteiger partial charge in [0.15, 0.2) is 0 Å². The molecule has 2 spiro atoms. The highest BCUT2D eigenvalue weighted by molar-refractivity contribution is 6.08. The van der Waals surface area contributed by atoms with Gasteiger partial charge in [0.1, 0.15) is 34.1 Å². The summed E-state index contributed by atoms with van der Waals surface area (Å²) in [5.74, 6) is 1.99. The predicted octanol–water partition coefficient (Wildman–Crippen LogP) is 11.4. The molecule has 4 aliphatic heterocycles. The molecule has 0 saturated heterocycles. The summed E-state index contributed by atoms with van der Waals surface area (Å²) in [7, 11) is 0. The van der Waals surface area contributed by atoms with Crippen molar-refractivity contribution in [1.29, 1.82) is 0 Å². The fourth-order valence-electron chi connectivity index (χ4n) is 11.5. The Labute approximate surface area is 389 Å². The van der Waals surface area contributed by atoms with Gasteiger partial charge in [0, 0.05) is 144 Å². The van der Waals surface area contributed by atoms with Crippen LogP contribution in [-0.4, -0.2) is 74.2 Å². The number of hydrazine groups is 1. The van der Waals surface area contributed by atoms with E-state index in [0.29, 0.717) is 34.1 Å². The molecule has 0 aromatic heterocycles. The van der Waals surface area contributed by atoms with Crippen LogP contribution in [0.2, 0.25) is 0 Å². The Balaban J connectivity index is 1.34. The number of rotatable bonds is 13. The van der Waals surface area contributed by atoms with Gasteiger partial charge in [-0.25, -0.2) is 10.0 Å². The lowest BCUT2D eigenvalue weighted by atomic mass is 9.73. The zero-order valence-corrected chi connectivity index (χ0v) is 39.5. The Morgan fingerprint density at radius 3 is 0.879 bits per heavy atom. The molecule has 0 radical (unpaired) electrons. The summed E-state index contributed by atoms with van der Waals surface area (Å²) in [5.41, 5.74) is 7.09. The van der Waals surface area contributed by atoms with E-state index in [4.69, 9.17) is 9.47 Å². The molecule has 338 valence electrons. The maximum atomic E-state index is 16.2. The number of carbonyl (C=O) groups excluding carboxylic acids is 2. The van der Waals surface area contributed by atoms with Crippen molar-refractivity contribution in [2.45, 2.75) is 66.5 Å². The third-order valence-electron chi connectivity index (χ3n) is 14.7. The SMILES string of the molecule is CCN(CC)c1ccc2c(c1)Oc1cc(N(CC)CC)ccc1C21c2ccccc2C(=O)N1N1C(=O)c2ccccc2C12c1ccc(N(CC)CC)cc1Oc1cc(N(CC)CC)ccc12. The Bertz CT molecular complexity index is 2560. The van der Waals surface area contributed by atoms with Crippen molar-refractivity contribution in [3.8, 4) is 23.0 Å². The molecule has 4 heterocycles. The van der Waals surface area contributed by atoms with E-state index in [0.717, 1.165) is 108 Å². The zero-order valence-electron chi connectivity index (χ0n) is 39.5. The Kier molecular flexibility index (Phi) is 10.7. The quantitative estimate of drug-likeness (QED) is 0.114. The minimum Gasteiger partial charge on any atom is -0.456 e. The van der Waals surface area contributed by atoms with Gasteiger partial charge in [0.25, 0.3) is 11.8 Å². The minimum absolute atomic E-state index is 0.278. The Hall–Kier alpha value is -6.94. The van der Waals surface area contributed by atoms with Crippen molar-refractivity contribution in [2.75, 3.05) is 72.0 Å². The van der Waals surface area contributed by atoms with Gasteiger partial charge in [0.05, 0.1) is 0 Å². The molecule has 0 aliphatic carbocycles. The number of amides is 2. The monoisotopic (exact) mass is 880 g/mol. The van der Waals surface area contributed by atoms with E-state index in [1.165, 1.54) is 0 Å². The highest BCUT2D eigenvalue weighted by Crippen LogP contribution is 2.65. The van der Waals surface area contributed by atoms with Gasteiger partial charge in [-0.05, 0) is 91.8 Å². The molecule has 0 saturated carbocycles. The van der Waals surface area contributed by atoms with E-state index < -0.39 is 11.1 Å². The zero-order chi connectivity index (χ0) is 46.1. The van der Waals surface area contributed by atoms with Gasteiger partial charge in [-0.2, -0.15) is 0 Å². The molecule has 0 bridgehead atoms. The average Bonchev–Trinajstić information content (AvgIpc) is 3.74. The van der Waals surface area contributed by atoms with Crippen LogP contribution in [0.25, 0.3) is 0 Å². The van der Waals surface area contributed by atoms with Crippen LogP contribution in [0.1, 0.15) is 109 Å². The summed E-state index contributed by atoms with van der Waals surface area (Å²) in [5, 5.41) is 3.62. The smallest absolute Gasteiger partial charge is 0.274 e. The van der Waals surface area contributed by atoms with Gasteiger partial charge in [-0.3, -0.25) is 9.59 Å². The van der Waals surface area contributed by atoms with Crippen molar-refractivity contribution in [1.82, 2.24) is 10.0 Å². The molecular formula is C56H60N6O4. The number of hydrogen-bond acceptors (Lipinski definition) is 8. The summed E-state index contributed by atoms with van der Waals surface area (Å²) in [6, 6.07) is 41.2. The largest absolute Gasteiger partial charge is 0.456 e. The number of benzene rings is 6. The van der Waals surface area contributed by atoms with E-state index >= 15 is 9.59 Å². The van der Waals surface area contributed by atoms with Crippen molar-refractivity contribution < 1.29 is 19.1 Å². The fourth-order valence-corrected chi connectivity index (χ4v) is 11.5. The highest BCUT2D eigenvalue weighted by Gasteiger charge is 2.67. The molecule has 0 unspecified atom stereocenters. The van der Waals surface area contributed by atoms with Crippen LogP contribution in [0.4, 0.5) is 22.7 Å². The number of nitrogens with zero attached hydrogens (tertiary/aromatic N) is 6. The summed E-state index contributed by atoms with van der Waals surface area (Å²) >= 11 is 0. The Morgan fingerprint density at radius 1 is 0.364 bits per heavy atom. The normalized spacial score (nSPS) is 15.3. The highest BCUT2D eigenvalue weighted by atomic mass is 16.5. The number of anilines is 4. The van der Waals surface area contributed by atoms with Crippen LogP contribution in [0, 0.1) is 0 Å². The second-order valence-corrected chi connectivity index (χ2v) is 17.4. The van der Waals surface area contributed by atoms with Crippen molar-refractivity contribution in [3.05, 3.63) is 166 Å². The van der Waals surface area contributed by atoms with Crippen LogP contribution in [0.5, 0.6) is 23.0 Å². The van der Waals surface area contributed by atoms with Gasteiger partial charge in [-0.1, -0.05) is 60.7 Å². The molecular weight excluding hydrogens is 821 g/mol. The van der Waals surface area contributed by atoms with Gasteiger partial charge < -0.3 is 29.1 Å². The molecule has 6 aromatic carbocycles. The molecule has 66 heavy (non-hydrogen) atoms. The van der Waals surface area contributed by atoms with Crippen molar-refractivity contribution in [3.63, 3.8) is 0 Å². The fraction of sp³-hybridized carbons (Fsp3) is 0.321. The topological polar surface area (TPSA) is 72.0 Å². The van der Waals surface area contributed by atoms with Crippen LogP contribution < -0.4 is 29.1 Å². The van der Waals surface area contributed by atoms with Crippen molar-refractivity contribution >= 4 is 34.6 Å². The summed E-state index contributed by atoms with van der Waals surface area (Å²) in [4.78, 5) is 41.7. The Morgan fingerprint density at radius 2 is 0.621 bits per heavy atom. The number of fused-ring (bicyclic) bond motifs is 12. The molecule has 10 nitrogen and oxygen atoms in total.